The van der Waals surface area contributed by atoms with E-state index in [1.165, 1.54) is 0 Å². The Morgan fingerprint density at radius 3 is 2.65 bits per heavy atom. The molecule has 0 spiro atoms. The third-order valence-corrected chi connectivity index (χ3v) is 6.28. The monoisotopic (exact) mass is 558 g/mol. The Labute approximate surface area is 205 Å². The van der Waals surface area contributed by atoms with E-state index in [-0.39, 0.29) is 24.0 Å². The van der Waals surface area contributed by atoms with Crippen molar-refractivity contribution in [3.63, 3.8) is 0 Å². The fourth-order valence-corrected chi connectivity index (χ4v) is 4.35. The zero-order chi connectivity index (χ0) is 20.6. The summed E-state index contributed by atoms with van der Waals surface area (Å²) < 4.78 is 11.4. The van der Waals surface area contributed by atoms with Crippen molar-refractivity contribution in [3.8, 4) is 5.75 Å². The molecule has 1 aromatic heterocycles. The number of guanidine groups is 1. The number of nitrogens with zero attached hydrogens (tertiary/aromatic N) is 5. The smallest absolute Gasteiger partial charge is 0.191 e. The predicted molar refractivity (Wildman–Crippen MR) is 136 cm³/mol. The summed E-state index contributed by atoms with van der Waals surface area (Å²) in [6.07, 6.45) is 1.85. The first-order valence-electron chi connectivity index (χ1n) is 10.5. The Kier molecular flexibility index (Phi) is 9.62. The van der Waals surface area contributed by atoms with Gasteiger partial charge in [0.15, 0.2) is 11.1 Å². The van der Waals surface area contributed by atoms with E-state index in [9.17, 15) is 0 Å². The van der Waals surface area contributed by atoms with Crippen LogP contribution in [0.5, 0.6) is 5.75 Å². The standard InChI is InChI=1S/C21H30N6O2S.HI/c22-20(26-6-8-27(9-7-26)21-23-5-16-30-21)24-17-18-3-1-2-4-19(18)29-15-12-25-10-13-28-14-11-25;/h1-5,16H,6-15,17H2,(H2,22,24);1H. The molecule has 0 atom stereocenters. The van der Waals surface area contributed by atoms with E-state index in [0.29, 0.717) is 19.1 Å². The summed E-state index contributed by atoms with van der Waals surface area (Å²) in [6, 6.07) is 8.08. The number of thiazole rings is 1. The molecule has 2 saturated heterocycles. The largest absolute Gasteiger partial charge is 0.492 e. The van der Waals surface area contributed by atoms with E-state index in [1.54, 1.807) is 11.3 Å². The molecule has 2 aliphatic rings. The van der Waals surface area contributed by atoms with E-state index >= 15 is 0 Å². The number of rotatable bonds is 7. The Morgan fingerprint density at radius 2 is 1.90 bits per heavy atom. The molecule has 0 unspecified atom stereocenters. The zero-order valence-corrected chi connectivity index (χ0v) is 20.8. The van der Waals surface area contributed by atoms with Gasteiger partial charge in [-0.1, -0.05) is 18.2 Å². The molecule has 2 aliphatic heterocycles. The third-order valence-electron chi connectivity index (χ3n) is 5.45. The Bertz CT molecular complexity index is 808. The summed E-state index contributed by atoms with van der Waals surface area (Å²) in [5, 5.41) is 3.09. The minimum Gasteiger partial charge on any atom is -0.492 e. The predicted octanol–water partition coefficient (Wildman–Crippen LogP) is 2.11. The van der Waals surface area contributed by atoms with Crippen LogP contribution in [0.1, 0.15) is 5.56 Å². The van der Waals surface area contributed by atoms with Crippen LogP contribution in [0.2, 0.25) is 0 Å². The zero-order valence-electron chi connectivity index (χ0n) is 17.7. The average molecular weight is 558 g/mol. The molecule has 10 heteroatoms. The van der Waals surface area contributed by atoms with Gasteiger partial charge in [0.1, 0.15) is 12.4 Å². The second kappa shape index (κ2) is 12.4. The number of benzene rings is 1. The summed E-state index contributed by atoms with van der Waals surface area (Å²) in [5.74, 6) is 1.48. The fraction of sp³-hybridized carbons (Fsp3) is 0.524. The minimum atomic E-state index is 0. The molecule has 2 fully saturated rings. The van der Waals surface area contributed by atoms with Crippen LogP contribution in [0.3, 0.4) is 0 Å². The van der Waals surface area contributed by atoms with Gasteiger partial charge in [0.2, 0.25) is 0 Å². The van der Waals surface area contributed by atoms with Gasteiger partial charge in [-0.3, -0.25) is 4.90 Å². The first-order valence-corrected chi connectivity index (χ1v) is 11.4. The van der Waals surface area contributed by atoms with Crippen molar-refractivity contribution in [1.29, 1.82) is 0 Å². The van der Waals surface area contributed by atoms with E-state index in [1.807, 2.05) is 29.8 Å². The number of hydrogen-bond donors (Lipinski definition) is 1. The second-order valence-electron chi connectivity index (χ2n) is 7.37. The lowest BCUT2D eigenvalue weighted by atomic mass is 10.2. The first-order chi connectivity index (χ1) is 14.8. The van der Waals surface area contributed by atoms with Crippen molar-refractivity contribution >= 4 is 46.4 Å². The molecule has 0 radical (unpaired) electrons. The van der Waals surface area contributed by atoms with Gasteiger partial charge in [-0.2, -0.15) is 0 Å². The molecular formula is C21H31IN6O2S. The van der Waals surface area contributed by atoms with Crippen molar-refractivity contribution in [1.82, 2.24) is 14.8 Å². The van der Waals surface area contributed by atoms with E-state index in [2.05, 4.69) is 30.7 Å². The first kappa shape index (κ1) is 24.0. The summed E-state index contributed by atoms with van der Waals surface area (Å²) in [5.41, 5.74) is 7.35. The Hall–Kier alpha value is -1.63. The van der Waals surface area contributed by atoms with Gasteiger partial charge in [-0.05, 0) is 6.07 Å². The van der Waals surface area contributed by atoms with Gasteiger partial charge in [0.25, 0.3) is 0 Å². The maximum atomic E-state index is 6.29. The molecule has 0 saturated carbocycles. The number of morpholine rings is 1. The van der Waals surface area contributed by atoms with Gasteiger partial charge >= 0.3 is 0 Å². The van der Waals surface area contributed by atoms with Gasteiger partial charge in [-0.25, -0.2) is 9.98 Å². The quantitative estimate of drug-likeness (QED) is 0.317. The third kappa shape index (κ3) is 6.93. The molecule has 0 aliphatic carbocycles. The van der Waals surface area contributed by atoms with Gasteiger partial charge in [0, 0.05) is 63.0 Å². The maximum absolute atomic E-state index is 6.29. The van der Waals surface area contributed by atoms with Crippen LogP contribution < -0.4 is 15.4 Å². The second-order valence-corrected chi connectivity index (χ2v) is 8.25. The highest BCUT2D eigenvalue weighted by Crippen LogP contribution is 2.20. The average Bonchev–Trinajstić information content (AvgIpc) is 3.34. The maximum Gasteiger partial charge on any atom is 0.191 e. The van der Waals surface area contributed by atoms with E-state index in [0.717, 1.165) is 75.5 Å². The molecule has 170 valence electrons. The highest BCUT2D eigenvalue weighted by atomic mass is 127. The molecule has 4 rings (SSSR count). The fourth-order valence-electron chi connectivity index (χ4n) is 3.65. The molecule has 2 N–H and O–H groups in total. The topological polar surface area (TPSA) is 79.5 Å². The summed E-state index contributed by atoms with van der Waals surface area (Å²) >= 11 is 1.68. The minimum absolute atomic E-state index is 0. The molecule has 2 aromatic rings. The Morgan fingerprint density at radius 1 is 1.13 bits per heavy atom. The number of aliphatic imine (C=N–C) groups is 1. The SMILES string of the molecule is I.NC(=NCc1ccccc1OCCN1CCOCC1)N1CCN(c2nccs2)CC1. The molecule has 31 heavy (non-hydrogen) atoms. The van der Waals surface area contributed by atoms with Crippen LogP contribution in [0.4, 0.5) is 5.13 Å². The normalized spacial score (nSPS) is 18.0. The van der Waals surface area contributed by atoms with Crippen LogP contribution in [0, 0.1) is 0 Å². The summed E-state index contributed by atoms with van der Waals surface area (Å²) in [7, 11) is 0. The molecular weight excluding hydrogens is 527 g/mol. The van der Waals surface area contributed by atoms with Crippen LogP contribution >= 0.6 is 35.3 Å². The lowest BCUT2D eigenvalue weighted by Crippen LogP contribution is -2.51. The summed E-state index contributed by atoms with van der Waals surface area (Å²) in [4.78, 5) is 15.8. The number of ether oxygens (including phenoxy) is 2. The number of para-hydroxylation sites is 1. The molecule has 3 heterocycles. The van der Waals surface area contributed by atoms with Crippen molar-refractivity contribution < 1.29 is 9.47 Å². The number of halogens is 1. The van der Waals surface area contributed by atoms with Crippen LogP contribution in [-0.2, 0) is 11.3 Å². The number of piperazine rings is 1. The van der Waals surface area contributed by atoms with E-state index in [4.69, 9.17) is 15.2 Å². The van der Waals surface area contributed by atoms with Crippen LogP contribution in [0.15, 0.2) is 40.8 Å². The van der Waals surface area contributed by atoms with Crippen molar-refractivity contribution in [2.75, 3.05) is 70.5 Å². The van der Waals surface area contributed by atoms with Gasteiger partial charge < -0.3 is 25.0 Å². The summed E-state index contributed by atoms with van der Waals surface area (Å²) in [6.45, 7) is 9.18. The number of nitrogens with two attached hydrogens (primary N) is 1. The van der Waals surface area contributed by atoms with Gasteiger partial charge in [0.05, 0.1) is 19.8 Å². The molecule has 8 nitrogen and oxygen atoms in total. The van der Waals surface area contributed by atoms with Crippen molar-refractivity contribution in [2.24, 2.45) is 10.7 Å². The van der Waals surface area contributed by atoms with Gasteiger partial charge in [-0.15, -0.1) is 35.3 Å². The van der Waals surface area contributed by atoms with Crippen LogP contribution in [0.25, 0.3) is 0 Å². The van der Waals surface area contributed by atoms with Crippen molar-refractivity contribution in [3.05, 3.63) is 41.4 Å². The highest BCUT2D eigenvalue weighted by Gasteiger charge is 2.20. The number of hydrogen-bond acceptors (Lipinski definition) is 7. The van der Waals surface area contributed by atoms with Crippen LogP contribution in [-0.4, -0.2) is 86.4 Å². The number of aromatic nitrogens is 1. The lowest BCUT2D eigenvalue weighted by molar-refractivity contribution is 0.0322. The molecule has 0 bridgehead atoms. The highest BCUT2D eigenvalue weighted by molar-refractivity contribution is 14.0. The molecule has 1 aromatic carbocycles. The van der Waals surface area contributed by atoms with Crippen molar-refractivity contribution in [2.45, 2.75) is 6.54 Å². The molecule has 0 amide bonds. The number of anilines is 1. The Balaban J connectivity index is 0.00000272. The lowest BCUT2D eigenvalue weighted by Gasteiger charge is -2.35. The van der Waals surface area contributed by atoms with E-state index < -0.39 is 0 Å².